The van der Waals surface area contributed by atoms with Crippen molar-refractivity contribution in [2.45, 2.75) is 32.3 Å². The first-order valence-electron chi connectivity index (χ1n) is 5.05. The molecule has 0 radical (unpaired) electrons. The van der Waals surface area contributed by atoms with Gasteiger partial charge in [0.05, 0.1) is 11.8 Å². The number of halogens is 3. The lowest BCUT2D eigenvalue weighted by molar-refractivity contribution is -0.143. The molecule has 1 atom stereocenters. The Hall–Kier alpha value is -1.15. The van der Waals surface area contributed by atoms with Gasteiger partial charge in [-0.1, -0.05) is 5.21 Å². The Bertz CT molecular complexity index is 364. The van der Waals surface area contributed by atoms with Gasteiger partial charge in [-0.15, -0.1) is 5.10 Å². The summed E-state index contributed by atoms with van der Waals surface area (Å²) in [5.74, 6) is 0. The second kappa shape index (κ2) is 5.46. The zero-order chi connectivity index (χ0) is 13.1. The zero-order valence-electron chi connectivity index (χ0n) is 9.88. The van der Waals surface area contributed by atoms with Gasteiger partial charge in [-0.2, -0.15) is 13.2 Å². The summed E-state index contributed by atoms with van der Waals surface area (Å²) in [7, 11) is 3.11. The van der Waals surface area contributed by atoms with Crippen molar-refractivity contribution in [3.63, 3.8) is 0 Å². The predicted molar refractivity (Wildman–Crippen MR) is 54.3 cm³/mol. The highest BCUT2D eigenvalue weighted by molar-refractivity contribution is 5.13. The van der Waals surface area contributed by atoms with Crippen molar-refractivity contribution in [3.05, 3.63) is 11.4 Å². The van der Waals surface area contributed by atoms with Crippen molar-refractivity contribution >= 4 is 0 Å². The Kier molecular flexibility index (Phi) is 4.47. The number of ether oxygens (including phenoxy) is 1. The van der Waals surface area contributed by atoms with E-state index in [-0.39, 0.29) is 0 Å². The van der Waals surface area contributed by atoms with Crippen LogP contribution in [-0.4, -0.2) is 35.3 Å². The topological polar surface area (TPSA) is 52.0 Å². The van der Waals surface area contributed by atoms with Crippen LogP contribution in [0.15, 0.2) is 0 Å². The minimum Gasteiger partial charge on any atom is -0.375 e. The monoisotopic (exact) mass is 252 g/mol. The minimum atomic E-state index is -4.33. The van der Waals surface area contributed by atoms with Crippen LogP contribution in [0.5, 0.6) is 0 Å². The zero-order valence-corrected chi connectivity index (χ0v) is 9.88. The lowest BCUT2D eigenvalue weighted by atomic mass is 10.2. The summed E-state index contributed by atoms with van der Waals surface area (Å²) in [6, 6.07) is 0. The fraction of sp³-hybridized carbons (Fsp3) is 0.778. The van der Waals surface area contributed by atoms with Gasteiger partial charge in [-0.3, -0.25) is 0 Å². The molecule has 0 aliphatic rings. The largest absolute Gasteiger partial charge is 0.408 e. The molecule has 5 nitrogen and oxygen atoms in total. The van der Waals surface area contributed by atoms with Gasteiger partial charge < -0.3 is 10.1 Å². The molecule has 98 valence electrons. The minimum absolute atomic E-state index is 0.346. The van der Waals surface area contributed by atoms with Crippen molar-refractivity contribution in [1.82, 2.24) is 20.3 Å². The van der Waals surface area contributed by atoms with E-state index < -0.39 is 18.8 Å². The molecule has 0 fully saturated rings. The van der Waals surface area contributed by atoms with Crippen molar-refractivity contribution in [1.29, 1.82) is 0 Å². The van der Waals surface area contributed by atoms with Crippen LogP contribution in [0, 0.1) is 0 Å². The van der Waals surface area contributed by atoms with Crippen LogP contribution >= 0.6 is 0 Å². The number of hydrogen-bond acceptors (Lipinski definition) is 4. The van der Waals surface area contributed by atoms with Gasteiger partial charge in [0.1, 0.15) is 12.2 Å². The number of methoxy groups -OCH3 is 1. The molecule has 1 heterocycles. The molecule has 0 amide bonds. The quantitative estimate of drug-likeness (QED) is 0.857. The Balaban J connectivity index is 3.04. The second-order valence-electron chi connectivity index (χ2n) is 3.60. The molecule has 0 saturated carbocycles. The van der Waals surface area contributed by atoms with E-state index in [0.717, 1.165) is 4.68 Å². The second-order valence-corrected chi connectivity index (χ2v) is 3.60. The van der Waals surface area contributed by atoms with E-state index in [1.807, 2.05) is 0 Å². The molecule has 17 heavy (non-hydrogen) atoms. The fourth-order valence-electron chi connectivity index (χ4n) is 1.49. The maximum absolute atomic E-state index is 12.3. The van der Waals surface area contributed by atoms with E-state index in [0.29, 0.717) is 17.9 Å². The van der Waals surface area contributed by atoms with Gasteiger partial charge in [0.25, 0.3) is 0 Å². The molecule has 1 N–H and O–H groups in total. The highest BCUT2D eigenvalue weighted by atomic mass is 19.4. The number of nitrogens with one attached hydrogen (secondary N) is 1. The third kappa shape index (κ3) is 3.67. The van der Waals surface area contributed by atoms with Gasteiger partial charge in [0.15, 0.2) is 0 Å². The third-order valence-electron chi connectivity index (χ3n) is 2.26. The highest BCUT2D eigenvalue weighted by Gasteiger charge is 2.31. The molecule has 8 heteroatoms. The molecule has 0 spiro atoms. The summed E-state index contributed by atoms with van der Waals surface area (Å²) in [6.45, 7) is 0.846. The molecule has 0 aliphatic carbocycles. The molecule has 0 bridgehead atoms. The van der Waals surface area contributed by atoms with Gasteiger partial charge in [0.2, 0.25) is 0 Å². The summed E-state index contributed by atoms with van der Waals surface area (Å²) < 4.78 is 42.9. The van der Waals surface area contributed by atoms with Crippen LogP contribution in [0.4, 0.5) is 13.2 Å². The Labute approximate surface area is 96.9 Å². The highest BCUT2D eigenvalue weighted by Crippen LogP contribution is 2.23. The number of alkyl halides is 3. The van der Waals surface area contributed by atoms with Crippen LogP contribution in [0.3, 0.4) is 0 Å². The number of hydrogen-bond donors (Lipinski definition) is 1. The molecule has 0 aliphatic heterocycles. The van der Waals surface area contributed by atoms with Crippen LogP contribution in [0.1, 0.15) is 24.4 Å². The van der Waals surface area contributed by atoms with E-state index in [2.05, 4.69) is 15.6 Å². The van der Waals surface area contributed by atoms with E-state index in [9.17, 15) is 13.2 Å². The summed E-state index contributed by atoms with van der Waals surface area (Å²) in [5.41, 5.74) is 0.810. The molecule has 0 saturated heterocycles. The van der Waals surface area contributed by atoms with Crippen molar-refractivity contribution in [2.24, 2.45) is 0 Å². The standard InChI is InChI=1S/C9H15F3N4O/c1-6(17-3)8-7(4-13-2)14-15-16(8)5-9(10,11)12/h6,13H,4-5H2,1-3H3. The number of nitrogens with zero attached hydrogens (tertiary/aromatic N) is 3. The van der Waals surface area contributed by atoms with Crippen molar-refractivity contribution < 1.29 is 17.9 Å². The van der Waals surface area contributed by atoms with E-state index in [1.165, 1.54) is 7.11 Å². The molecule has 0 aromatic carbocycles. The Morgan fingerprint density at radius 3 is 2.59 bits per heavy atom. The Morgan fingerprint density at radius 2 is 2.12 bits per heavy atom. The summed E-state index contributed by atoms with van der Waals surface area (Å²) >= 11 is 0. The maximum Gasteiger partial charge on any atom is 0.408 e. The van der Waals surface area contributed by atoms with Crippen LogP contribution in [0.2, 0.25) is 0 Å². The van der Waals surface area contributed by atoms with Gasteiger partial charge in [-0.25, -0.2) is 4.68 Å². The average molecular weight is 252 g/mol. The third-order valence-corrected chi connectivity index (χ3v) is 2.26. The summed E-state index contributed by atoms with van der Waals surface area (Å²) in [6.07, 6.45) is -4.82. The lowest BCUT2D eigenvalue weighted by Crippen LogP contribution is -2.22. The lowest BCUT2D eigenvalue weighted by Gasteiger charge is -2.14. The first kappa shape index (κ1) is 13.9. The maximum atomic E-state index is 12.3. The molecule has 1 unspecified atom stereocenters. The van der Waals surface area contributed by atoms with Gasteiger partial charge in [-0.05, 0) is 14.0 Å². The van der Waals surface area contributed by atoms with E-state index >= 15 is 0 Å². The first-order valence-corrected chi connectivity index (χ1v) is 5.05. The Morgan fingerprint density at radius 1 is 1.47 bits per heavy atom. The normalized spacial score (nSPS) is 14.0. The molecule has 1 rings (SSSR count). The SMILES string of the molecule is CNCc1nnn(CC(F)(F)F)c1C(C)OC. The molecule has 1 aromatic heterocycles. The fourth-order valence-corrected chi connectivity index (χ4v) is 1.49. The average Bonchev–Trinajstić information content (AvgIpc) is 2.58. The summed E-state index contributed by atoms with van der Waals surface area (Å²) in [5, 5.41) is 10.1. The first-order chi connectivity index (χ1) is 7.89. The molecular formula is C9H15F3N4O. The van der Waals surface area contributed by atoms with Crippen LogP contribution < -0.4 is 5.32 Å². The van der Waals surface area contributed by atoms with E-state index in [1.54, 1.807) is 14.0 Å². The van der Waals surface area contributed by atoms with Crippen molar-refractivity contribution in [2.75, 3.05) is 14.2 Å². The predicted octanol–water partition coefficient (Wildman–Crippen LogP) is 1.27. The van der Waals surface area contributed by atoms with Gasteiger partial charge >= 0.3 is 6.18 Å². The smallest absolute Gasteiger partial charge is 0.375 e. The van der Waals surface area contributed by atoms with Gasteiger partial charge in [0, 0.05) is 13.7 Å². The molecule has 1 aromatic rings. The molecular weight excluding hydrogens is 237 g/mol. The number of aromatic nitrogens is 3. The van der Waals surface area contributed by atoms with Crippen LogP contribution in [0.25, 0.3) is 0 Å². The number of rotatable bonds is 5. The summed E-state index contributed by atoms with van der Waals surface area (Å²) in [4.78, 5) is 0. The van der Waals surface area contributed by atoms with Crippen LogP contribution in [-0.2, 0) is 17.8 Å². The van der Waals surface area contributed by atoms with Crippen molar-refractivity contribution in [3.8, 4) is 0 Å². The van der Waals surface area contributed by atoms with E-state index in [4.69, 9.17) is 4.74 Å².